The van der Waals surface area contributed by atoms with Gasteiger partial charge in [0.2, 0.25) is 29.5 Å². The van der Waals surface area contributed by atoms with Crippen molar-refractivity contribution in [3.63, 3.8) is 0 Å². The molecule has 9 rings (SSSR count). The summed E-state index contributed by atoms with van der Waals surface area (Å²) in [6.07, 6.45) is 7.85. The summed E-state index contributed by atoms with van der Waals surface area (Å²) in [7, 11) is 1.57. The number of nitrogens with zero attached hydrogens (tertiary/aromatic N) is 8. The molecular weight excluding hydrogens is 806 g/mol. The lowest BCUT2D eigenvalue weighted by molar-refractivity contribution is -0.141. The Labute approximate surface area is 368 Å². The van der Waals surface area contributed by atoms with Crippen molar-refractivity contribution in [1.29, 1.82) is 0 Å². The maximum atomic E-state index is 14.4. The van der Waals surface area contributed by atoms with Gasteiger partial charge in [0.1, 0.15) is 6.04 Å². The van der Waals surface area contributed by atoms with Gasteiger partial charge in [-0.25, -0.2) is 9.37 Å². The molecule has 0 unspecified atom stereocenters. The molecule has 16 heteroatoms. The molecule has 7 heterocycles. The highest BCUT2D eigenvalue weighted by molar-refractivity contribution is 6.07. The van der Waals surface area contributed by atoms with E-state index in [2.05, 4.69) is 31.0 Å². The largest absolute Gasteiger partial charge is 0.503 e. The molecule has 0 bridgehead atoms. The Morgan fingerprint density at radius 1 is 0.857 bits per heavy atom. The fourth-order valence-electron chi connectivity index (χ4n) is 11.2. The molecule has 0 radical (unpaired) electrons. The number of phenolic OH excluding ortho intramolecular Hbond substituents is 1. The minimum atomic E-state index is -0.780. The maximum absolute atomic E-state index is 14.4. The van der Waals surface area contributed by atoms with Gasteiger partial charge < -0.3 is 34.3 Å². The zero-order chi connectivity index (χ0) is 44.0. The first kappa shape index (κ1) is 42.9. The van der Waals surface area contributed by atoms with Crippen molar-refractivity contribution in [2.24, 2.45) is 17.3 Å². The molecule has 6 aliphatic heterocycles. The zero-order valence-electron chi connectivity index (χ0n) is 36.7. The van der Waals surface area contributed by atoms with E-state index in [-0.39, 0.29) is 35.7 Å². The Bertz CT molecular complexity index is 2230. The van der Waals surface area contributed by atoms with Gasteiger partial charge >= 0.3 is 0 Å². The van der Waals surface area contributed by atoms with Crippen LogP contribution in [0.5, 0.6) is 11.6 Å². The number of benzene rings is 2. The van der Waals surface area contributed by atoms with E-state index < -0.39 is 29.1 Å². The number of hydrogen-bond donors (Lipinski definition) is 2. The number of methoxy groups -OCH3 is 1. The number of phenols is 1. The zero-order valence-corrected chi connectivity index (χ0v) is 36.7. The summed E-state index contributed by atoms with van der Waals surface area (Å²) in [5.74, 6) is -0.0506. The first-order valence-electron chi connectivity index (χ1n) is 23.0. The van der Waals surface area contributed by atoms with Crippen molar-refractivity contribution in [2.75, 3.05) is 87.3 Å². The van der Waals surface area contributed by atoms with E-state index in [9.17, 15) is 28.7 Å². The van der Waals surface area contributed by atoms with Crippen LogP contribution in [0.2, 0.25) is 0 Å². The number of piperazine rings is 1. The minimum absolute atomic E-state index is 0.132. The third-order valence-electron chi connectivity index (χ3n) is 15.1. The van der Waals surface area contributed by atoms with Crippen LogP contribution in [0.1, 0.15) is 92.7 Å². The lowest BCUT2D eigenvalue weighted by atomic mass is 9.64. The summed E-state index contributed by atoms with van der Waals surface area (Å²) in [5.41, 5.74) is 2.76. The third-order valence-corrected chi connectivity index (χ3v) is 15.1. The van der Waals surface area contributed by atoms with Gasteiger partial charge in [-0.2, -0.15) is 4.98 Å². The number of carbonyl (C=O) groups is 4. The second-order valence-corrected chi connectivity index (χ2v) is 18.4. The van der Waals surface area contributed by atoms with Gasteiger partial charge in [0.15, 0.2) is 11.6 Å². The number of rotatable bonds is 12. The molecule has 336 valence electrons. The van der Waals surface area contributed by atoms with Crippen molar-refractivity contribution < 1.29 is 33.4 Å². The molecule has 5 fully saturated rings. The Hall–Kier alpha value is -5.35. The molecule has 0 spiro atoms. The highest BCUT2D eigenvalue weighted by Crippen LogP contribution is 2.58. The van der Waals surface area contributed by atoms with Crippen molar-refractivity contribution in [1.82, 2.24) is 30.0 Å². The van der Waals surface area contributed by atoms with Gasteiger partial charge in [0, 0.05) is 95.9 Å². The smallest absolute Gasteiger partial charge is 0.255 e. The number of β-lactam (4-membered cyclic amide) rings is 1. The standard InChI is InChI=1S/C47H60FN9O6/c1-4-47(5-2)41(57(45(47)62)37-8-6-7-36(48)40(37)59)35-26-49-46(51-43(35)63-3)55-19-15-31(16-20-55)28-53-23-21-52(22-24-53)27-30-13-17-54(18-14-30)33-9-10-34-32(25-33)29-56(44(34)61)38-11-12-39(58)50-42(38)60/h6-10,25-26,30-31,38,41,59H,4-5,11-24,27-29H2,1-3H3,(H,50,58,60)/t38-,41-/m0/s1. The van der Waals surface area contributed by atoms with Gasteiger partial charge in [0.05, 0.1) is 29.8 Å². The highest BCUT2D eigenvalue weighted by Gasteiger charge is 2.61. The number of anilines is 3. The number of para-hydroxylation sites is 1. The normalized spacial score (nSPS) is 23.9. The van der Waals surface area contributed by atoms with Crippen LogP contribution >= 0.6 is 0 Å². The second kappa shape index (κ2) is 17.7. The van der Waals surface area contributed by atoms with Gasteiger partial charge in [-0.3, -0.25) is 29.4 Å². The quantitative estimate of drug-likeness (QED) is 0.191. The van der Waals surface area contributed by atoms with Gasteiger partial charge in [-0.15, -0.1) is 0 Å². The van der Waals surface area contributed by atoms with Crippen molar-refractivity contribution >= 4 is 41.0 Å². The summed E-state index contributed by atoms with van der Waals surface area (Å²) < 4.78 is 20.3. The average molecular weight is 866 g/mol. The summed E-state index contributed by atoms with van der Waals surface area (Å²) in [6.45, 7) is 14.5. The Morgan fingerprint density at radius 3 is 2.13 bits per heavy atom. The molecule has 5 saturated heterocycles. The first-order valence-corrected chi connectivity index (χ1v) is 23.0. The van der Waals surface area contributed by atoms with Crippen molar-refractivity contribution in [3.05, 3.63) is 65.1 Å². The first-order chi connectivity index (χ1) is 30.5. The lowest BCUT2D eigenvalue weighted by Gasteiger charge is -2.55. The number of aromatic nitrogens is 2. The molecule has 6 aliphatic rings. The third kappa shape index (κ3) is 7.98. The van der Waals surface area contributed by atoms with E-state index >= 15 is 0 Å². The molecule has 15 nitrogen and oxygen atoms in total. The number of hydrogen-bond acceptors (Lipinski definition) is 12. The number of halogens is 1. The van der Waals surface area contributed by atoms with E-state index in [1.54, 1.807) is 24.3 Å². The molecule has 4 amide bonds. The molecule has 2 atom stereocenters. The monoisotopic (exact) mass is 865 g/mol. The molecule has 2 aromatic carbocycles. The van der Waals surface area contributed by atoms with Crippen LogP contribution in [-0.4, -0.2) is 132 Å². The van der Waals surface area contributed by atoms with E-state index in [1.807, 2.05) is 26.0 Å². The number of carbonyl (C=O) groups excluding carboxylic acids is 4. The number of ether oxygens (including phenoxy) is 1. The average Bonchev–Trinajstić information content (AvgIpc) is 3.63. The number of piperidine rings is 3. The van der Waals surface area contributed by atoms with Crippen LogP contribution < -0.4 is 24.8 Å². The van der Waals surface area contributed by atoms with Crippen molar-refractivity contribution in [3.8, 4) is 11.6 Å². The fourth-order valence-corrected chi connectivity index (χ4v) is 11.2. The van der Waals surface area contributed by atoms with Crippen LogP contribution in [-0.2, 0) is 20.9 Å². The number of fused-ring (bicyclic) bond motifs is 1. The molecule has 3 aromatic rings. The van der Waals surface area contributed by atoms with E-state index in [0.29, 0.717) is 60.6 Å². The van der Waals surface area contributed by atoms with E-state index in [1.165, 1.54) is 17.0 Å². The SMILES string of the molecule is CCC1(CC)C(=O)N(c2cccc(F)c2O)[C@H]1c1cnc(N2CCC(CN3CCN(CC4CCN(c5ccc6c(c5)CN([C@H]5CCC(=O)NC5=O)C6=O)CC4)CC3)CC2)nc1OC. The van der Waals surface area contributed by atoms with Crippen LogP contribution in [0.25, 0.3) is 0 Å². The number of aromatic hydroxyl groups is 1. The summed E-state index contributed by atoms with van der Waals surface area (Å²) in [5, 5.41) is 13.0. The summed E-state index contributed by atoms with van der Waals surface area (Å²) >= 11 is 0. The van der Waals surface area contributed by atoms with Gasteiger partial charge in [0.25, 0.3) is 5.91 Å². The van der Waals surface area contributed by atoms with Gasteiger partial charge in [-0.05, 0) is 92.7 Å². The Morgan fingerprint density at radius 2 is 1.51 bits per heavy atom. The second-order valence-electron chi connectivity index (χ2n) is 18.4. The van der Waals surface area contributed by atoms with Gasteiger partial charge in [-0.1, -0.05) is 19.9 Å². The van der Waals surface area contributed by atoms with Crippen LogP contribution in [0, 0.1) is 23.1 Å². The van der Waals surface area contributed by atoms with Crippen LogP contribution in [0.3, 0.4) is 0 Å². The summed E-state index contributed by atoms with van der Waals surface area (Å²) in [6, 6.07) is 9.17. The maximum Gasteiger partial charge on any atom is 0.255 e. The topological polar surface area (TPSA) is 155 Å². The van der Waals surface area contributed by atoms with E-state index in [4.69, 9.17) is 14.7 Å². The number of nitrogens with one attached hydrogen (secondary N) is 1. The number of amides is 4. The molecule has 1 aromatic heterocycles. The number of imide groups is 1. The van der Waals surface area contributed by atoms with Crippen molar-refractivity contribution in [2.45, 2.75) is 83.8 Å². The fraction of sp³-hybridized carbons (Fsp3) is 0.574. The predicted octanol–water partition coefficient (Wildman–Crippen LogP) is 4.74. The minimum Gasteiger partial charge on any atom is -0.503 e. The molecule has 2 N–H and O–H groups in total. The Balaban J connectivity index is 0.727. The molecular formula is C47H60FN9O6. The Kier molecular flexibility index (Phi) is 12.0. The summed E-state index contributed by atoms with van der Waals surface area (Å²) in [4.78, 5) is 73.6. The molecule has 0 aliphatic carbocycles. The van der Waals surface area contributed by atoms with Crippen LogP contribution in [0.4, 0.5) is 21.7 Å². The lowest BCUT2D eigenvalue weighted by Crippen LogP contribution is -2.63. The predicted molar refractivity (Wildman–Crippen MR) is 235 cm³/mol. The highest BCUT2D eigenvalue weighted by atomic mass is 19.1. The molecule has 0 saturated carbocycles. The molecule has 63 heavy (non-hydrogen) atoms. The van der Waals surface area contributed by atoms with E-state index in [0.717, 1.165) is 102 Å². The van der Waals surface area contributed by atoms with Crippen LogP contribution in [0.15, 0.2) is 42.6 Å².